The molecule has 2 aromatic carbocycles. The van der Waals surface area contributed by atoms with Crippen molar-refractivity contribution >= 4 is 12.0 Å². The summed E-state index contributed by atoms with van der Waals surface area (Å²) in [6, 6.07) is 11.6. The first-order valence-corrected chi connectivity index (χ1v) is 12.1. The highest BCUT2D eigenvalue weighted by Gasteiger charge is 2.31. The molecule has 0 spiro atoms. The Bertz CT molecular complexity index is 1060. The van der Waals surface area contributed by atoms with Gasteiger partial charge in [-0.05, 0) is 86.4 Å². The van der Waals surface area contributed by atoms with Crippen LogP contribution in [-0.4, -0.2) is 41.0 Å². The number of fused-ring (bicyclic) bond motifs is 1. The van der Waals surface area contributed by atoms with Gasteiger partial charge in [-0.25, -0.2) is 4.79 Å². The van der Waals surface area contributed by atoms with Crippen LogP contribution >= 0.6 is 0 Å². The van der Waals surface area contributed by atoms with Gasteiger partial charge in [0.2, 0.25) is 0 Å². The number of carbonyl (C=O) groups is 1. The fourth-order valence-electron chi connectivity index (χ4n) is 4.81. The van der Waals surface area contributed by atoms with Crippen LogP contribution in [0.5, 0.6) is 0 Å². The van der Waals surface area contributed by atoms with Gasteiger partial charge in [0.25, 0.3) is 0 Å². The molecule has 0 unspecified atom stereocenters. The monoisotopic (exact) mass is 505 g/mol. The molecule has 36 heavy (non-hydrogen) atoms. The van der Waals surface area contributed by atoms with E-state index < -0.39 is 29.9 Å². The molecule has 2 atom stereocenters. The molecular weight excluding hydrogens is 471 g/mol. The summed E-state index contributed by atoms with van der Waals surface area (Å²) in [5, 5.41) is 22.8. The molecular formula is C28H34F3NO4. The zero-order valence-corrected chi connectivity index (χ0v) is 20.8. The van der Waals surface area contributed by atoms with Crippen LogP contribution in [0.3, 0.4) is 0 Å². The molecule has 5 nitrogen and oxygen atoms in total. The maximum Gasteiger partial charge on any atom is 0.416 e. The van der Waals surface area contributed by atoms with Crippen LogP contribution in [0.4, 0.5) is 13.2 Å². The Morgan fingerprint density at radius 2 is 1.81 bits per heavy atom. The molecule has 8 heteroatoms. The van der Waals surface area contributed by atoms with Gasteiger partial charge in [-0.15, -0.1) is 0 Å². The van der Waals surface area contributed by atoms with Gasteiger partial charge in [0, 0.05) is 18.2 Å². The van der Waals surface area contributed by atoms with E-state index >= 15 is 0 Å². The second-order valence-electron chi connectivity index (χ2n) is 10.2. The number of ether oxygens (including phenoxy) is 1. The normalized spacial score (nSPS) is 16.3. The minimum Gasteiger partial charge on any atom is -0.478 e. The van der Waals surface area contributed by atoms with E-state index in [2.05, 4.69) is 43.4 Å². The van der Waals surface area contributed by atoms with Gasteiger partial charge in [-0.3, -0.25) is 0 Å². The summed E-state index contributed by atoms with van der Waals surface area (Å²) < 4.78 is 45.1. The lowest BCUT2D eigenvalue weighted by atomic mass is 9.88. The molecule has 1 aliphatic rings. The molecule has 0 fully saturated rings. The third kappa shape index (κ3) is 7.91. The Hall–Kier alpha value is -2.68. The fourth-order valence-corrected chi connectivity index (χ4v) is 4.81. The lowest BCUT2D eigenvalue weighted by Gasteiger charge is -2.31. The number of alkyl halides is 3. The molecule has 196 valence electrons. The van der Waals surface area contributed by atoms with E-state index in [0.717, 1.165) is 43.5 Å². The van der Waals surface area contributed by atoms with Crippen LogP contribution in [0, 0.1) is 5.92 Å². The minimum atomic E-state index is -4.55. The number of benzene rings is 2. The van der Waals surface area contributed by atoms with Crippen LogP contribution in [0.2, 0.25) is 0 Å². The molecule has 3 rings (SSSR count). The van der Waals surface area contributed by atoms with E-state index in [9.17, 15) is 23.1 Å². The average molecular weight is 506 g/mol. The zero-order chi connectivity index (χ0) is 26.5. The average Bonchev–Trinajstić information content (AvgIpc) is 3.20. The van der Waals surface area contributed by atoms with Crippen molar-refractivity contribution < 1.29 is 32.9 Å². The Kier molecular flexibility index (Phi) is 8.98. The van der Waals surface area contributed by atoms with Gasteiger partial charge in [0.15, 0.2) is 0 Å². The first-order chi connectivity index (χ1) is 16.8. The number of β-amino-alcohol motifs (C(OH)–C–C–N with tert-alkyl or cyclic N) is 1. The van der Waals surface area contributed by atoms with Gasteiger partial charge >= 0.3 is 12.1 Å². The number of halogens is 3. The van der Waals surface area contributed by atoms with Crippen molar-refractivity contribution in [3.05, 3.63) is 76.4 Å². The van der Waals surface area contributed by atoms with Gasteiger partial charge < -0.3 is 20.3 Å². The predicted molar refractivity (Wildman–Crippen MR) is 133 cm³/mol. The minimum absolute atomic E-state index is 0.0256. The molecule has 0 radical (unpaired) electrons. The maximum atomic E-state index is 13.1. The molecule has 1 aliphatic carbocycles. The van der Waals surface area contributed by atoms with Crippen molar-refractivity contribution in [1.29, 1.82) is 0 Å². The second-order valence-corrected chi connectivity index (χ2v) is 10.2. The van der Waals surface area contributed by atoms with E-state index in [1.807, 2.05) is 0 Å². The fraction of sp³-hybridized carbons (Fsp3) is 0.464. The van der Waals surface area contributed by atoms with E-state index in [4.69, 9.17) is 9.84 Å². The van der Waals surface area contributed by atoms with Gasteiger partial charge in [0.05, 0.1) is 24.4 Å². The van der Waals surface area contributed by atoms with Crippen LogP contribution in [0.25, 0.3) is 6.08 Å². The lowest BCUT2D eigenvalue weighted by Crippen LogP contribution is -2.45. The number of carboxylic acid groups (broad SMARTS) is 1. The summed E-state index contributed by atoms with van der Waals surface area (Å²) in [6.45, 7) is 6.15. The number of aliphatic hydroxyl groups excluding tert-OH is 1. The Morgan fingerprint density at radius 3 is 2.39 bits per heavy atom. The van der Waals surface area contributed by atoms with Crippen molar-refractivity contribution in [2.45, 2.75) is 64.0 Å². The SMILES string of the molecule is C[C@@H](OC[C@H](O)CNC(C)(C)CC1Cc2ccccc2C1)c1ccc(C(F)(F)F)cc1/C=C/C(=O)O. The number of carboxylic acids is 1. The van der Waals surface area contributed by atoms with Crippen LogP contribution in [0.1, 0.15) is 61.1 Å². The van der Waals surface area contributed by atoms with Crippen LogP contribution < -0.4 is 5.32 Å². The van der Waals surface area contributed by atoms with E-state index in [-0.39, 0.29) is 17.7 Å². The van der Waals surface area contributed by atoms with Crippen molar-refractivity contribution in [3.63, 3.8) is 0 Å². The summed E-state index contributed by atoms with van der Waals surface area (Å²) in [7, 11) is 0. The largest absolute Gasteiger partial charge is 0.478 e. The summed E-state index contributed by atoms with van der Waals surface area (Å²) in [5.74, 6) is -0.729. The Morgan fingerprint density at radius 1 is 1.17 bits per heavy atom. The van der Waals surface area contributed by atoms with Gasteiger partial charge in [-0.1, -0.05) is 30.3 Å². The first kappa shape index (κ1) is 27.9. The molecule has 0 aromatic heterocycles. The summed E-state index contributed by atoms with van der Waals surface area (Å²) in [5.41, 5.74) is 2.25. The molecule has 0 saturated heterocycles. The summed E-state index contributed by atoms with van der Waals surface area (Å²) in [4.78, 5) is 10.9. The third-order valence-electron chi connectivity index (χ3n) is 6.55. The van der Waals surface area contributed by atoms with Crippen molar-refractivity contribution in [3.8, 4) is 0 Å². The number of aliphatic hydroxyl groups is 1. The Labute approximate surface area is 210 Å². The second kappa shape index (κ2) is 11.6. The molecule has 0 heterocycles. The molecule has 2 aromatic rings. The standard InChI is InChI=1S/C28H34F3NO4/c1-18(25-10-9-23(28(29,30)31)14-22(25)8-11-26(34)35)36-17-24(33)16-32-27(2,3)15-19-12-20-6-4-5-7-21(20)13-19/h4-11,14,18-19,24,32-33H,12-13,15-17H2,1-3H3,(H,34,35)/b11-8+/t18-,24-/m1/s1. The number of aliphatic carboxylic acids is 1. The Balaban J connectivity index is 1.53. The zero-order valence-electron chi connectivity index (χ0n) is 20.8. The molecule has 3 N–H and O–H groups in total. The molecule has 0 amide bonds. The van der Waals surface area contributed by atoms with E-state index in [0.29, 0.717) is 18.0 Å². The highest BCUT2D eigenvalue weighted by molar-refractivity contribution is 5.85. The number of hydrogen-bond acceptors (Lipinski definition) is 4. The number of hydrogen-bond donors (Lipinski definition) is 3. The number of rotatable bonds is 11. The van der Waals surface area contributed by atoms with E-state index in [1.165, 1.54) is 17.2 Å². The lowest BCUT2D eigenvalue weighted by molar-refractivity contribution is -0.137. The highest BCUT2D eigenvalue weighted by Crippen LogP contribution is 2.34. The third-order valence-corrected chi connectivity index (χ3v) is 6.55. The molecule has 0 aliphatic heterocycles. The summed E-state index contributed by atoms with van der Waals surface area (Å²) in [6.07, 6.45) is -1.06. The number of nitrogens with one attached hydrogen (secondary N) is 1. The smallest absolute Gasteiger partial charge is 0.416 e. The van der Waals surface area contributed by atoms with E-state index in [1.54, 1.807) is 6.92 Å². The van der Waals surface area contributed by atoms with Crippen LogP contribution in [-0.2, 0) is 28.5 Å². The van der Waals surface area contributed by atoms with Gasteiger partial charge in [0.1, 0.15) is 0 Å². The van der Waals surface area contributed by atoms with Crippen molar-refractivity contribution in [1.82, 2.24) is 5.32 Å². The predicted octanol–water partition coefficient (Wildman–Crippen LogP) is 5.42. The first-order valence-electron chi connectivity index (χ1n) is 12.1. The summed E-state index contributed by atoms with van der Waals surface area (Å²) >= 11 is 0. The van der Waals surface area contributed by atoms with Gasteiger partial charge in [-0.2, -0.15) is 13.2 Å². The topological polar surface area (TPSA) is 78.8 Å². The van der Waals surface area contributed by atoms with Crippen molar-refractivity contribution in [2.75, 3.05) is 13.2 Å². The highest BCUT2D eigenvalue weighted by atomic mass is 19.4. The maximum absolute atomic E-state index is 13.1. The quantitative estimate of drug-likeness (QED) is 0.356. The van der Waals surface area contributed by atoms with Crippen molar-refractivity contribution in [2.24, 2.45) is 5.92 Å². The molecule has 0 saturated carbocycles. The molecule has 0 bridgehead atoms. The van der Waals surface area contributed by atoms with Crippen LogP contribution in [0.15, 0.2) is 48.5 Å².